The largest absolute Gasteiger partial charge is 0.445 e. The van der Waals surface area contributed by atoms with Crippen LogP contribution >= 0.6 is 0 Å². The van der Waals surface area contributed by atoms with Crippen LogP contribution in [0.5, 0.6) is 0 Å². The zero-order valence-electron chi connectivity index (χ0n) is 14.0. The van der Waals surface area contributed by atoms with Crippen molar-refractivity contribution in [2.75, 3.05) is 6.54 Å². The predicted octanol–water partition coefficient (Wildman–Crippen LogP) is 2.36. The molecule has 3 N–H and O–H groups in total. The van der Waals surface area contributed by atoms with Gasteiger partial charge in [0.2, 0.25) is 6.08 Å². The topological polar surface area (TPSA) is 108 Å². The number of alkyl carbamates (subject to hydrolysis) is 1. The smallest absolute Gasteiger partial charge is 0.407 e. The number of isocyanates is 1. The Balaban J connectivity index is 1.72. The van der Waals surface area contributed by atoms with Crippen molar-refractivity contribution in [2.45, 2.75) is 25.2 Å². The minimum atomic E-state index is -1.12. The minimum Gasteiger partial charge on any atom is -0.445 e. The summed E-state index contributed by atoms with van der Waals surface area (Å²) in [6, 6.07) is 15.5. The fourth-order valence-corrected chi connectivity index (χ4v) is 2.28. The Hall–Kier alpha value is -2.99. The van der Waals surface area contributed by atoms with Gasteiger partial charge in [0.15, 0.2) is 0 Å². The number of aliphatic hydroxyl groups excluding tert-OH is 2. The van der Waals surface area contributed by atoms with E-state index in [0.717, 1.165) is 5.56 Å². The monoisotopic (exact) mass is 356 g/mol. The number of carbonyl (C=O) groups excluding carboxylic acids is 2. The zero-order chi connectivity index (χ0) is 18.8. The Labute approximate surface area is 151 Å². The van der Waals surface area contributed by atoms with Gasteiger partial charge in [0.1, 0.15) is 12.7 Å². The lowest BCUT2D eigenvalue weighted by atomic mass is 10.0. The van der Waals surface area contributed by atoms with Crippen LogP contribution in [0, 0.1) is 0 Å². The molecule has 0 heterocycles. The molecule has 0 bridgehead atoms. The molecule has 0 aliphatic carbocycles. The SMILES string of the molecule is O=C=Nc1ccc(C(O)C(O)CCNC(=O)OCc2ccccc2)cc1. The van der Waals surface area contributed by atoms with Crippen molar-refractivity contribution in [1.82, 2.24) is 5.32 Å². The van der Waals surface area contributed by atoms with Crippen LogP contribution in [-0.2, 0) is 16.1 Å². The number of nitrogens with one attached hydrogen (secondary N) is 1. The third-order valence-corrected chi connectivity index (χ3v) is 3.70. The van der Waals surface area contributed by atoms with Crippen LogP contribution in [0.4, 0.5) is 10.5 Å². The Morgan fingerprint density at radius 3 is 2.46 bits per heavy atom. The number of rotatable bonds is 8. The molecule has 2 aromatic rings. The zero-order valence-corrected chi connectivity index (χ0v) is 14.0. The van der Waals surface area contributed by atoms with Crippen molar-refractivity contribution in [3.63, 3.8) is 0 Å². The summed E-state index contributed by atoms with van der Waals surface area (Å²) in [6.07, 6.45) is -1.20. The van der Waals surface area contributed by atoms with Gasteiger partial charge in [0, 0.05) is 6.54 Å². The minimum absolute atomic E-state index is 0.149. The first-order valence-corrected chi connectivity index (χ1v) is 8.08. The molecule has 1 amide bonds. The van der Waals surface area contributed by atoms with Gasteiger partial charge in [-0.3, -0.25) is 0 Å². The molecule has 0 aromatic heterocycles. The Bertz CT molecular complexity index is 742. The molecule has 7 nitrogen and oxygen atoms in total. The van der Waals surface area contributed by atoms with Crippen LogP contribution < -0.4 is 5.32 Å². The molecule has 136 valence electrons. The summed E-state index contributed by atoms with van der Waals surface area (Å²) in [5.74, 6) is 0. The van der Waals surface area contributed by atoms with Crippen molar-refractivity contribution in [1.29, 1.82) is 0 Å². The molecule has 2 rings (SSSR count). The van der Waals surface area contributed by atoms with E-state index >= 15 is 0 Å². The van der Waals surface area contributed by atoms with Crippen molar-refractivity contribution in [3.05, 3.63) is 65.7 Å². The maximum absolute atomic E-state index is 11.6. The number of benzene rings is 2. The molecule has 0 saturated carbocycles. The van der Waals surface area contributed by atoms with Gasteiger partial charge in [-0.05, 0) is 29.7 Å². The van der Waals surface area contributed by atoms with E-state index in [0.29, 0.717) is 11.3 Å². The van der Waals surface area contributed by atoms with E-state index in [9.17, 15) is 19.8 Å². The van der Waals surface area contributed by atoms with Crippen LogP contribution in [0.25, 0.3) is 0 Å². The lowest BCUT2D eigenvalue weighted by Gasteiger charge is -2.18. The molecular formula is C19H20N2O5. The summed E-state index contributed by atoms with van der Waals surface area (Å²) < 4.78 is 5.06. The number of nitrogens with zero attached hydrogens (tertiary/aromatic N) is 1. The standard InChI is InChI=1S/C19H20N2O5/c22-13-21-16-8-6-15(7-9-16)18(24)17(23)10-11-20-19(25)26-12-14-4-2-1-3-5-14/h1-9,17-18,23-24H,10-12H2,(H,20,25). The molecule has 0 aliphatic heterocycles. The summed E-state index contributed by atoms with van der Waals surface area (Å²) >= 11 is 0. The summed E-state index contributed by atoms with van der Waals surface area (Å²) in [5, 5.41) is 22.7. The molecule has 0 spiro atoms. The Morgan fingerprint density at radius 2 is 1.81 bits per heavy atom. The normalized spacial score (nSPS) is 12.5. The van der Waals surface area contributed by atoms with Gasteiger partial charge in [-0.2, -0.15) is 4.99 Å². The Kier molecular flexibility index (Phi) is 7.51. The van der Waals surface area contributed by atoms with Gasteiger partial charge >= 0.3 is 6.09 Å². The fraction of sp³-hybridized carbons (Fsp3) is 0.263. The third-order valence-electron chi connectivity index (χ3n) is 3.70. The maximum Gasteiger partial charge on any atom is 0.407 e. The van der Waals surface area contributed by atoms with E-state index in [1.54, 1.807) is 12.1 Å². The number of amides is 1. The molecule has 0 radical (unpaired) electrons. The number of hydrogen-bond acceptors (Lipinski definition) is 6. The van der Waals surface area contributed by atoms with Gasteiger partial charge in [-0.1, -0.05) is 42.5 Å². The summed E-state index contributed by atoms with van der Waals surface area (Å²) in [6.45, 7) is 0.312. The van der Waals surface area contributed by atoms with E-state index in [1.165, 1.54) is 18.2 Å². The van der Waals surface area contributed by atoms with Crippen LogP contribution in [0.1, 0.15) is 23.7 Å². The molecule has 2 atom stereocenters. The number of aliphatic hydroxyl groups is 2. The van der Waals surface area contributed by atoms with Crippen LogP contribution in [0.15, 0.2) is 59.6 Å². The van der Waals surface area contributed by atoms with Crippen LogP contribution in [-0.4, -0.2) is 35.0 Å². The molecule has 2 aromatic carbocycles. The van der Waals surface area contributed by atoms with E-state index in [-0.39, 0.29) is 19.6 Å². The van der Waals surface area contributed by atoms with Crippen LogP contribution in [0.2, 0.25) is 0 Å². The lowest BCUT2D eigenvalue weighted by Crippen LogP contribution is -2.29. The second kappa shape index (κ2) is 10.1. The van der Waals surface area contributed by atoms with Gasteiger partial charge < -0.3 is 20.3 Å². The van der Waals surface area contributed by atoms with Crippen molar-refractivity contribution >= 4 is 17.9 Å². The molecule has 0 aliphatic rings. The van der Waals surface area contributed by atoms with Gasteiger partial charge in [0.05, 0.1) is 11.8 Å². The van der Waals surface area contributed by atoms with E-state index in [2.05, 4.69) is 10.3 Å². The molecule has 7 heteroatoms. The molecule has 0 fully saturated rings. The highest BCUT2D eigenvalue weighted by Crippen LogP contribution is 2.21. The molecule has 26 heavy (non-hydrogen) atoms. The average Bonchev–Trinajstić information content (AvgIpc) is 2.67. The van der Waals surface area contributed by atoms with Gasteiger partial charge in [-0.25, -0.2) is 9.59 Å². The van der Waals surface area contributed by atoms with Crippen LogP contribution in [0.3, 0.4) is 0 Å². The third kappa shape index (κ3) is 6.14. The summed E-state index contributed by atoms with van der Waals surface area (Å²) in [5.41, 5.74) is 1.77. The first-order chi connectivity index (χ1) is 12.6. The second-order valence-electron chi connectivity index (χ2n) is 5.58. The highest BCUT2D eigenvalue weighted by molar-refractivity contribution is 5.67. The van der Waals surface area contributed by atoms with E-state index in [1.807, 2.05) is 30.3 Å². The van der Waals surface area contributed by atoms with Gasteiger partial charge in [-0.15, -0.1) is 0 Å². The second-order valence-corrected chi connectivity index (χ2v) is 5.58. The first kappa shape index (κ1) is 19.3. The average molecular weight is 356 g/mol. The number of carbonyl (C=O) groups is 1. The van der Waals surface area contributed by atoms with Gasteiger partial charge in [0.25, 0.3) is 0 Å². The number of hydrogen-bond donors (Lipinski definition) is 3. The molecular weight excluding hydrogens is 336 g/mol. The first-order valence-electron chi connectivity index (χ1n) is 8.08. The number of ether oxygens (including phenoxy) is 1. The van der Waals surface area contributed by atoms with Crippen molar-refractivity contribution < 1.29 is 24.5 Å². The quantitative estimate of drug-likeness (QED) is 0.497. The van der Waals surface area contributed by atoms with Crippen molar-refractivity contribution in [2.24, 2.45) is 4.99 Å². The Morgan fingerprint density at radius 1 is 1.12 bits per heavy atom. The van der Waals surface area contributed by atoms with E-state index in [4.69, 9.17) is 4.74 Å². The highest BCUT2D eigenvalue weighted by atomic mass is 16.5. The molecule has 0 saturated heterocycles. The lowest BCUT2D eigenvalue weighted by molar-refractivity contribution is 0.0136. The van der Waals surface area contributed by atoms with Crippen molar-refractivity contribution in [3.8, 4) is 0 Å². The van der Waals surface area contributed by atoms with E-state index < -0.39 is 18.3 Å². The predicted molar refractivity (Wildman–Crippen MR) is 94.4 cm³/mol. The summed E-state index contributed by atoms with van der Waals surface area (Å²) in [7, 11) is 0. The molecule has 2 unspecified atom stereocenters. The highest BCUT2D eigenvalue weighted by Gasteiger charge is 2.18. The number of aliphatic imine (C=N–C) groups is 1. The summed E-state index contributed by atoms with van der Waals surface area (Å²) in [4.78, 5) is 25.2. The maximum atomic E-state index is 11.6. The fourth-order valence-electron chi connectivity index (χ4n) is 2.28.